The molecule has 2 aromatic heterocycles. The molecule has 4 aliphatic carbocycles. The van der Waals surface area contributed by atoms with Gasteiger partial charge in [0, 0.05) is 32.9 Å². The van der Waals surface area contributed by atoms with Gasteiger partial charge in [0.2, 0.25) is 0 Å². The van der Waals surface area contributed by atoms with Crippen molar-refractivity contribution in [3.63, 3.8) is 0 Å². The van der Waals surface area contributed by atoms with Crippen LogP contribution in [0.5, 0.6) is 11.5 Å². The third-order valence-corrected chi connectivity index (χ3v) is 12.4. The summed E-state index contributed by atoms with van der Waals surface area (Å²) in [5, 5.41) is 2.43. The molecular weight excluding hydrogens is 641 g/mol. The maximum atomic E-state index is 6.39. The first kappa shape index (κ1) is 27.8. The third-order valence-electron chi connectivity index (χ3n) is 11.9. The Morgan fingerprint density at radius 1 is 0.745 bits per heavy atom. The Labute approximate surface area is 284 Å². The lowest BCUT2D eigenvalue weighted by atomic mass is 9.33. The summed E-state index contributed by atoms with van der Waals surface area (Å²) in [6, 6.07) is 28.0. The van der Waals surface area contributed by atoms with Gasteiger partial charge >= 0.3 is 6.85 Å². The van der Waals surface area contributed by atoms with Crippen molar-refractivity contribution >= 4 is 44.6 Å². The smallest absolute Gasteiger partial charge is 0.316 e. The summed E-state index contributed by atoms with van der Waals surface area (Å²) >= 11 is 3.59. The van der Waals surface area contributed by atoms with E-state index >= 15 is 0 Å². The highest BCUT2D eigenvalue weighted by atomic mass is 79.9. The second-order valence-electron chi connectivity index (χ2n) is 14.2. The second-order valence-corrected chi connectivity index (χ2v) is 15.2. The fourth-order valence-corrected chi connectivity index (χ4v) is 10.8. The van der Waals surface area contributed by atoms with Crippen molar-refractivity contribution in [3.05, 3.63) is 143 Å². The number of rotatable bonds is 5. The van der Waals surface area contributed by atoms with Crippen molar-refractivity contribution in [1.29, 1.82) is 0 Å². The molecule has 0 unspecified atom stereocenters. The van der Waals surface area contributed by atoms with Gasteiger partial charge in [0.1, 0.15) is 17.3 Å². The first-order valence-electron chi connectivity index (χ1n) is 17.1. The number of benzene rings is 3. The van der Waals surface area contributed by atoms with Crippen molar-refractivity contribution in [2.24, 2.45) is 23.7 Å². The molecule has 230 valence electrons. The SMILES string of the molecule is Brc1cccc(Oc2ccc3c4ccccc4n(-c4cc(C5(C6=CC=CN7C=CC=CB67)C6CC7CC(C6)CC5C7)ccn4)c3c2)c1. The molecule has 0 saturated heterocycles. The van der Waals surface area contributed by atoms with E-state index in [1.54, 1.807) is 5.47 Å². The van der Waals surface area contributed by atoms with Crippen LogP contribution in [0.2, 0.25) is 0 Å². The second kappa shape index (κ2) is 10.6. The summed E-state index contributed by atoms with van der Waals surface area (Å²) in [6.07, 6.45) is 22.5. The lowest BCUT2D eigenvalue weighted by Gasteiger charge is -2.63. The van der Waals surface area contributed by atoms with Crippen molar-refractivity contribution in [2.45, 2.75) is 37.5 Å². The first-order chi connectivity index (χ1) is 23.1. The van der Waals surface area contributed by atoms with E-state index in [1.807, 2.05) is 24.3 Å². The standard InChI is InChI=1S/C41H35BBrN3O/c43-32-7-5-8-33(25-32)47-34-12-13-36-35-9-1-2-10-37(35)46(38(36)26-34)40-24-29(14-16-44-40)41(30-20-27-19-28(22-30)23-31(41)21-27)39-11-6-18-45-17-4-3-15-42(39)45/h1-18,24-28,30-31H,19-23H2. The van der Waals surface area contributed by atoms with Crippen LogP contribution in [0, 0.1) is 23.7 Å². The minimum atomic E-state index is -0.0119. The van der Waals surface area contributed by atoms with Gasteiger partial charge in [0.25, 0.3) is 0 Å². The fourth-order valence-electron chi connectivity index (χ4n) is 10.4. The maximum absolute atomic E-state index is 6.39. The van der Waals surface area contributed by atoms with Gasteiger partial charge in [0.05, 0.1) is 11.0 Å². The molecule has 47 heavy (non-hydrogen) atoms. The van der Waals surface area contributed by atoms with Gasteiger partial charge in [0.15, 0.2) is 0 Å². The molecule has 4 bridgehead atoms. The number of pyridine rings is 1. The molecule has 0 atom stereocenters. The van der Waals surface area contributed by atoms with E-state index in [1.165, 1.54) is 48.4 Å². The molecule has 2 aliphatic heterocycles. The van der Waals surface area contributed by atoms with E-state index in [-0.39, 0.29) is 12.3 Å². The Hall–Kier alpha value is -4.29. The van der Waals surface area contributed by atoms with Gasteiger partial charge in [-0.05, 0) is 134 Å². The molecule has 4 heterocycles. The molecule has 0 spiro atoms. The molecule has 0 N–H and O–H groups in total. The number of ether oxygens (including phenoxy) is 1. The van der Waals surface area contributed by atoms with E-state index < -0.39 is 0 Å². The lowest BCUT2D eigenvalue weighted by Crippen LogP contribution is -2.60. The predicted octanol–water partition coefficient (Wildman–Crippen LogP) is 10.3. The minimum absolute atomic E-state index is 0.0119. The number of nitrogens with zero attached hydrogens (tertiary/aromatic N) is 3. The summed E-state index contributed by atoms with van der Waals surface area (Å²) in [6.45, 7) is 0.255. The summed E-state index contributed by atoms with van der Waals surface area (Å²) in [5.41, 5.74) is 5.26. The Morgan fingerprint density at radius 3 is 2.38 bits per heavy atom. The summed E-state index contributed by atoms with van der Waals surface area (Å²) < 4.78 is 9.74. The van der Waals surface area contributed by atoms with Crippen LogP contribution >= 0.6 is 15.9 Å². The van der Waals surface area contributed by atoms with Crippen LogP contribution in [0.4, 0.5) is 0 Å². The van der Waals surface area contributed by atoms with Crippen LogP contribution in [0.1, 0.15) is 37.7 Å². The van der Waals surface area contributed by atoms with Gasteiger partial charge < -0.3 is 9.55 Å². The Balaban J connectivity index is 1.16. The van der Waals surface area contributed by atoms with Crippen LogP contribution in [0.3, 0.4) is 0 Å². The van der Waals surface area contributed by atoms with Gasteiger partial charge in [-0.25, -0.2) is 4.98 Å². The molecule has 4 saturated carbocycles. The van der Waals surface area contributed by atoms with Crippen molar-refractivity contribution in [1.82, 2.24) is 14.4 Å². The molecule has 5 aromatic rings. The molecule has 6 heteroatoms. The Morgan fingerprint density at radius 2 is 1.53 bits per heavy atom. The number of hydrogen-bond donors (Lipinski definition) is 0. The first-order valence-corrected chi connectivity index (χ1v) is 17.9. The largest absolute Gasteiger partial charge is 0.457 e. The van der Waals surface area contributed by atoms with E-state index in [9.17, 15) is 0 Å². The number of aromatic nitrogens is 2. The normalized spacial score (nSPS) is 27.1. The quantitative estimate of drug-likeness (QED) is 0.174. The Kier molecular flexibility index (Phi) is 6.28. The summed E-state index contributed by atoms with van der Waals surface area (Å²) in [7, 11) is 0. The van der Waals surface area contributed by atoms with E-state index in [0.717, 1.165) is 44.7 Å². The zero-order valence-electron chi connectivity index (χ0n) is 26.2. The highest BCUT2D eigenvalue weighted by Gasteiger charge is 2.61. The molecule has 0 radical (unpaired) electrons. The average molecular weight is 676 g/mol. The number of fused-ring (bicyclic) bond motifs is 4. The molecule has 11 rings (SSSR count). The predicted molar refractivity (Wildman–Crippen MR) is 195 cm³/mol. The maximum Gasteiger partial charge on any atom is 0.316 e. The fraction of sp³-hybridized carbons (Fsp3) is 0.244. The average Bonchev–Trinajstić information content (AvgIpc) is 3.42. The van der Waals surface area contributed by atoms with E-state index in [2.05, 4.69) is 129 Å². The van der Waals surface area contributed by atoms with E-state index in [4.69, 9.17) is 9.72 Å². The van der Waals surface area contributed by atoms with Gasteiger partial charge in [-0.3, -0.25) is 4.57 Å². The zero-order valence-corrected chi connectivity index (χ0v) is 27.8. The molecule has 6 aliphatic rings. The summed E-state index contributed by atoms with van der Waals surface area (Å²) in [4.78, 5) is 7.53. The van der Waals surface area contributed by atoms with Crippen LogP contribution in [0.15, 0.2) is 138 Å². The molecular formula is C41H35BBrN3O. The van der Waals surface area contributed by atoms with Gasteiger partial charge in [-0.1, -0.05) is 63.8 Å². The van der Waals surface area contributed by atoms with Crippen LogP contribution in [0.25, 0.3) is 27.6 Å². The van der Waals surface area contributed by atoms with Gasteiger partial charge in [-0.15, -0.1) is 0 Å². The zero-order chi connectivity index (χ0) is 31.1. The number of para-hydroxylation sites is 1. The molecule has 0 amide bonds. The highest BCUT2D eigenvalue weighted by molar-refractivity contribution is 9.10. The van der Waals surface area contributed by atoms with Gasteiger partial charge in [-0.2, -0.15) is 0 Å². The third kappa shape index (κ3) is 4.23. The number of hydrogen-bond acceptors (Lipinski definition) is 3. The van der Waals surface area contributed by atoms with Crippen molar-refractivity contribution < 1.29 is 4.74 Å². The van der Waals surface area contributed by atoms with Crippen LogP contribution in [-0.4, -0.2) is 21.2 Å². The molecule has 4 nitrogen and oxygen atoms in total. The van der Waals surface area contributed by atoms with Crippen molar-refractivity contribution in [3.8, 4) is 17.3 Å². The Bertz CT molecular complexity index is 2170. The molecule has 4 fully saturated rings. The van der Waals surface area contributed by atoms with Crippen molar-refractivity contribution in [2.75, 3.05) is 0 Å². The van der Waals surface area contributed by atoms with Crippen LogP contribution < -0.4 is 4.74 Å². The number of halogens is 1. The minimum Gasteiger partial charge on any atom is -0.457 e. The summed E-state index contributed by atoms with van der Waals surface area (Å²) in [5.74, 6) is 8.06. The molecule has 3 aromatic carbocycles. The topological polar surface area (TPSA) is 30.3 Å². The lowest BCUT2D eigenvalue weighted by molar-refractivity contribution is -0.0411. The van der Waals surface area contributed by atoms with E-state index in [0.29, 0.717) is 11.8 Å². The highest BCUT2D eigenvalue weighted by Crippen LogP contribution is 2.66. The van der Waals surface area contributed by atoms with Crippen LogP contribution in [-0.2, 0) is 5.41 Å². The number of allylic oxidation sites excluding steroid dienone is 5. The monoisotopic (exact) mass is 675 g/mol.